The highest BCUT2D eigenvalue weighted by molar-refractivity contribution is 7.91. The van der Waals surface area contributed by atoms with Crippen LogP contribution in [-0.4, -0.2) is 19.3 Å². The number of sulfone groups is 1. The molecular formula is C27H19ClN2O4S. The van der Waals surface area contributed by atoms with Crippen LogP contribution >= 0.6 is 11.6 Å². The van der Waals surface area contributed by atoms with E-state index >= 15 is 0 Å². The molecule has 0 aliphatic rings. The summed E-state index contributed by atoms with van der Waals surface area (Å²) < 4.78 is 31.6. The lowest BCUT2D eigenvalue weighted by Crippen LogP contribution is -2.31. The van der Waals surface area contributed by atoms with Gasteiger partial charge >= 0.3 is 0 Å². The van der Waals surface area contributed by atoms with Crippen LogP contribution in [-0.2, 0) is 16.4 Å². The van der Waals surface area contributed by atoms with Gasteiger partial charge < -0.3 is 4.42 Å². The van der Waals surface area contributed by atoms with E-state index in [1.807, 2.05) is 42.5 Å². The molecule has 0 N–H and O–H groups in total. The van der Waals surface area contributed by atoms with Gasteiger partial charge in [0, 0.05) is 11.2 Å². The smallest absolute Gasteiger partial charge is 0.295 e. The molecule has 3 aromatic carbocycles. The number of hydrogen-bond donors (Lipinski definition) is 0. The van der Waals surface area contributed by atoms with Crippen molar-refractivity contribution in [3.63, 3.8) is 0 Å². The fraction of sp³-hybridized carbons (Fsp3) is 0.0370. The predicted molar refractivity (Wildman–Crippen MR) is 134 cm³/mol. The van der Waals surface area contributed by atoms with E-state index in [2.05, 4.69) is 4.98 Å². The second-order valence-corrected chi connectivity index (χ2v) is 10.1. The van der Waals surface area contributed by atoms with Gasteiger partial charge in [0.25, 0.3) is 5.91 Å². The van der Waals surface area contributed by atoms with E-state index in [0.29, 0.717) is 10.8 Å². The Hall–Kier alpha value is -3.94. The third kappa shape index (κ3) is 4.56. The van der Waals surface area contributed by atoms with Crippen LogP contribution in [0.15, 0.2) is 118 Å². The van der Waals surface area contributed by atoms with Crippen LogP contribution in [0.1, 0.15) is 16.1 Å². The van der Waals surface area contributed by atoms with E-state index in [9.17, 15) is 13.2 Å². The summed E-state index contributed by atoms with van der Waals surface area (Å²) in [7, 11) is -3.96. The first-order chi connectivity index (χ1) is 16.9. The van der Waals surface area contributed by atoms with E-state index in [4.69, 9.17) is 16.0 Å². The minimum absolute atomic E-state index is 0.0209. The highest BCUT2D eigenvalue weighted by Gasteiger charge is 2.27. The SMILES string of the molecule is O=C(c1ccc(S(=O)(=O)c2ccc(Cl)cc2)o1)N(Cc1cccc2ccccc12)c1ccccn1. The molecule has 0 saturated heterocycles. The van der Waals surface area contributed by atoms with Gasteiger partial charge in [-0.25, -0.2) is 13.4 Å². The number of rotatable bonds is 6. The molecule has 0 radical (unpaired) electrons. The minimum atomic E-state index is -3.96. The molecule has 6 nitrogen and oxygen atoms in total. The van der Waals surface area contributed by atoms with Gasteiger partial charge in [-0.3, -0.25) is 9.69 Å². The van der Waals surface area contributed by atoms with Crippen molar-refractivity contribution in [3.8, 4) is 0 Å². The lowest BCUT2D eigenvalue weighted by Gasteiger charge is -2.21. The highest BCUT2D eigenvalue weighted by Crippen LogP contribution is 2.27. The van der Waals surface area contributed by atoms with Gasteiger partial charge in [0.2, 0.25) is 14.9 Å². The molecule has 2 aromatic heterocycles. The summed E-state index contributed by atoms with van der Waals surface area (Å²) in [6.07, 6.45) is 1.59. The van der Waals surface area contributed by atoms with Crippen LogP contribution in [0.5, 0.6) is 0 Å². The molecule has 8 heteroatoms. The van der Waals surface area contributed by atoms with E-state index in [0.717, 1.165) is 16.3 Å². The van der Waals surface area contributed by atoms with Crippen LogP contribution in [0.2, 0.25) is 5.02 Å². The number of amides is 1. The molecule has 2 heterocycles. The molecular weight excluding hydrogens is 484 g/mol. The molecule has 0 spiro atoms. The van der Waals surface area contributed by atoms with E-state index in [1.165, 1.54) is 41.3 Å². The first-order valence-electron chi connectivity index (χ1n) is 10.7. The maximum absolute atomic E-state index is 13.6. The molecule has 0 fully saturated rings. The van der Waals surface area contributed by atoms with Crippen molar-refractivity contribution in [3.05, 3.63) is 120 Å². The van der Waals surface area contributed by atoms with Gasteiger partial charge in [0.15, 0.2) is 5.76 Å². The monoisotopic (exact) mass is 502 g/mol. The standard InChI is InChI=1S/C27H19ClN2O4S/c28-21-11-13-22(14-12-21)35(32,33)26-16-15-24(34-26)27(31)30(25-10-3-4-17-29-25)18-20-8-5-7-19-6-1-2-9-23(19)20/h1-17H,18H2. The normalized spacial score (nSPS) is 11.5. The van der Waals surface area contributed by atoms with E-state index in [1.54, 1.807) is 24.4 Å². The number of hydrogen-bond acceptors (Lipinski definition) is 5. The number of nitrogens with zero attached hydrogens (tertiary/aromatic N) is 2. The molecule has 1 amide bonds. The molecule has 35 heavy (non-hydrogen) atoms. The Morgan fingerprint density at radius 3 is 2.37 bits per heavy atom. The lowest BCUT2D eigenvalue weighted by atomic mass is 10.0. The Bertz CT molecular complexity index is 1610. The summed E-state index contributed by atoms with van der Waals surface area (Å²) >= 11 is 5.88. The largest absolute Gasteiger partial charge is 0.439 e. The quantitative estimate of drug-likeness (QED) is 0.278. The molecule has 0 aliphatic heterocycles. The molecule has 0 unspecified atom stereocenters. The van der Waals surface area contributed by atoms with Gasteiger partial charge in [-0.2, -0.15) is 0 Å². The van der Waals surface area contributed by atoms with Crippen molar-refractivity contribution in [1.29, 1.82) is 0 Å². The Balaban J connectivity index is 1.52. The number of pyridine rings is 1. The third-order valence-corrected chi connectivity index (χ3v) is 7.45. The van der Waals surface area contributed by atoms with Crippen LogP contribution < -0.4 is 4.90 Å². The zero-order valence-electron chi connectivity index (χ0n) is 18.3. The fourth-order valence-corrected chi connectivity index (χ4v) is 5.11. The number of furan rings is 1. The van der Waals surface area contributed by atoms with Crippen molar-refractivity contribution in [2.75, 3.05) is 4.90 Å². The van der Waals surface area contributed by atoms with Crippen molar-refractivity contribution in [1.82, 2.24) is 4.98 Å². The summed E-state index contributed by atoms with van der Waals surface area (Å²) in [4.78, 5) is 19.4. The summed E-state index contributed by atoms with van der Waals surface area (Å²) in [6, 6.07) is 27.4. The number of carbonyl (C=O) groups excluding carboxylic acids is 1. The average molecular weight is 503 g/mol. The number of anilines is 1. The molecule has 174 valence electrons. The van der Waals surface area contributed by atoms with Gasteiger partial charge in [-0.1, -0.05) is 60.1 Å². The Morgan fingerprint density at radius 2 is 1.60 bits per heavy atom. The summed E-state index contributed by atoms with van der Waals surface area (Å²) in [5, 5.41) is 2.15. The van der Waals surface area contributed by atoms with Crippen LogP contribution in [0.3, 0.4) is 0 Å². The second kappa shape index (κ2) is 9.37. The van der Waals surface area contributed by atoms with Crippen LogP contribution in [0.25, 0.3) is 10.8 Å². The van der Waals surface area contributed by atoms with Gasteiger partial charge in [-0.15, -0.1) is 0 Å². The number of benzene rings is 3. The van der Waals surface area contributed by atoms with Crippen LogP contribution in [0, 0.1) is 0 Å². The molecule has 5 aromatic rings. The maximum Gasteiger partial charge on any atom is 0.295 e. The summed E-state index contributed by atoms with van der Waals surface area (Å²) in [5.74, 6) is -0.193. The molecule has 0 aliphatic carbocycles. The zero-order valence-corrected chi connectivity index (χ0v) is 19.9. The first-order valence-corrected chi connectivity index (χ1v) is 12.6. The summed E-state index contributed by atoms with van der Waals surface area (Å²) in [6.45, 7) is 0.219. The minimum Gasteiger partial charge on any atom is -0.439 e. The van der Waals surface area contributed by atoms with Crippen molar-refractivity contribution >= 4 is 43.9 Å². The molecule has 0 bridgehead atoms. The number of carbonyl (C=O) groups is 1. The van der Waals surface area contributed by atoms with E-state index in [-0.39, 0.29) is 22.3 Å². The Kier molecular flexibility index (Phi) is 6.11. The predicted octanol–water partition coefficient (Wildman–Crippen LogP) is 6.16. The molecule has 5 rings (SSSR count). The van der Waals surface area contributed by atoms with Crippen molar-refractivity contribution < 1.29 is 17.6 Å². The molecule has 0 atom stereocenters. The van der Waals surface area contributed by atoms with Crippen LogP contribution in [0.4, 0.5) is 5.82 Å². The number of aromatic nitrogens is 1. The Labute approximate surface area is 207 Å². The average Bonchev–Trinajstić information content (AvgIpc) is 3.39. The maximum atomic E-state index is 13.6. The fourth-order valence-electron chi connectivity index (χ4n) is 3.81. The number of halogens is 1. The second-order valence-electron chi connectivity index (χ2n) is 7.79. The van der Waals surface area contributed by atoms with Crippen molar-refractivity contribution in [2.45, 2.75) is 16.5 Å². The first kappa shape index (κ1) is 22.8. The lowest BCUT2D eigenvalue weighted by molar-refractivity contribution is 0.0952. The zero-order chi connectivity index (χ0) is 24.4. The summed E-state index contributed by atoms with van der Waals surface area (Å²) in [5.41, 5.74) is 0.919. The van der Waals surface area contributed by atoms with Gasteiger partial charge in [0.1, 0.15) is 5.82 Å². The molecule has 0 saturated carbocycles. The van der Waals surface area contributed by atoms with Crippen molar-refractivity contribution in [2.24, 2.45) is 0 Å². The third-order valence-electron chi connectivity index (χ3n) is 5.56. The van der Waals surface area contributed by atoms with E-state index < -0.39 is 15.7 Å². The highest BCUT2D eigenvalue weighted by atomic mass is 35.5. The topological polar surface area (TPSA) is 80.5 Å². The number of fused-ring (bicyclic) bond motifs is 1. The van der Waals surface area contributed by atoms with Gasteiger partial charge in [-0.05, 0) is 64.9 Å². The van der Waals surface area contributed by atoms with Gasteiger partial charge in [0.05, 0.1) is 11.4 Å². The Morgan fingerprint density at radius 1 is 0.857 bits per heavy atom.